The van der Waals surface area contributed by atoms with E-state index in [1.165, 1.54) is 59.8 Å². The molecular formula is C39H39ClF2N4O6S4. The fraction of sp³-hybridized carbons (Fsp3) is 0.205. The number of thiophene rings is 2. The zero-order valence-corrected chi connectivity index (χ0v) is 34.7. The number of pyridine rings is 2. The number of hydrogen-bond acceptors (Lipinski definition) is 10. The van der Waals surface area contributed by atoms with Crippen LogP contribution < -0.4 is 5.32 Å². The van der Waals surface area contributed by atoms with Crippen LogP contribution in [0.4, 0.5) is 13.6 Å². The first-order valence-electron chi connectivity index (χ1n) is 16.7. The summed E-state index contributed by atoms with van der Waals surface area (Å²) in [4.78, 5) is 21.8. The van der Waals surface area contributed by atoms with Crippen LogP contribution >= 0.6 is 35.1 Å². The van der Waals surface area contributed by atoms with E-state index in [1.54, 1.807) is 61.6 Å². The molecule has 0 aliphatic rings. The van der Waals surface area contributed by atoms with Gasteiger partial charge in [-0.25, -0.2) is 31.6 Å². The van der Waals surface area contributed by atoms with E-state index < -0.39 is 37.7 Å². The van der Waals surface area contributed by atoms with Crippen molar-refractivity contribution < 1.29 is 35.5 Å². The van der Waals surface area contributed by atoms with E-state index in [-0.39, 0.29) is 65.8 Å². The molecule has 0 saturated heterocycles. The normalized spacial score (nSPS) is 11.6. The summed E-state index contributed by atoms with van der Waals surface area (Å²) in [6, 6.07) is 25.4. The number of sulfone groups is 2. The van der Waals surface area contributed by atoms with E-state index in [2.05, 4.69) is 15.3 Å². The number of rotatable bonds is 11. The molecule has 0 fully saturated rings. The third kappa shape index (κ3) is 10.4. The summed E-state index contributed by atoms with van der Waals surface area (Å²) in [5.41, 5.74) is 0.477. The first-order chi connectivity index (χ1) is 26.0. The number of hydrogen-bond donors (Lipinski definition) is 2. The monoisotopic (exact) mass is 860 g/mol. The van der Waals surface area contributed by atoms with Gasteiger partial charge in [-0.15, -0.1) is 35.1 Å². The quantitative estimate of drug-likeness (QED) is 0.122. The predicted octanol–water partition coefficient (Wildman–Crippen LogP) is 9.23. The molecular weight excluding hydrogens is 822 g/mol. The summed E-state index contributed by atoms with van der Waals surface area (Å²) in [5, 5.41) is 12.6. The Kier molecular flexibility index (Phi) is 14.6. The maximum Gasteiger partial charge on any atom is 0.407 e. The van der Waals surface area contributed by atoms with E-state index in [1.807, 2.05) is 20.8 Å². The van der Waals surface area contributed by atoms with E-state index in [4.69, 9.17) is 0 Å². The summed E-state index contributed by atoms with van der Waals surface area (Å²) >= 11 is 2.09. The average molecular weight is 861 g/mol. The van der Waals surface area contributed by atoms with E-state index in [0.717, 1.165) is 27.6 Å². The van der Waals surface area contributed by atoms with Gasteiger partial charge < -0.3 is 15.3 Å². The summed E-state index contributed by atoms with van der Waals surface area (Å²) in [5.74, 6) is -1.48. The van der Waals surface area contributed by atoms with Gasteiger partial charge in [0, 0.05) is 57.5 Å². The third-order valence-electron chi connectivity index (χ3n) is 7.83. The van der Waals surface area contributed by atoms with E-state index in [0.29, 0.717) is 17.0 Å². The van der Waals surface area contributed by atoms with Crippen LogP contribution in [0.1, 0.15) is 30.5 Å². The van der Waals surface area contributed by atoms with Crippen LogP contribution in [-0.4, -0.2) is 56.5 Å². The fourth-order valence-electron chi connectivity index (χ4n) is 5.50. The Hall–Kier alpha value is -4.58. The Labute approximate surface area is 339 Å². The summed E-state index contributed by atoms with van der Waals surface area (Å²) in [6.45, 7) is 6.51. The first-order valence-corrected chi connectivity index (χ1v) is 21.3. The smallest absolute Gasteiger partial charge is 0.407 e. The Balaban J connectivity index is 0.000000252. The Bertz CT molecular complexity index is 2490. The molecule has 0 spiro atoms. The average Bonchev–Trinajstić information content (AvgIpc) is 3.78. The highest BCUT2D eigenvalue weighted by Gasteiger charge is 2.29. The van der Waals surface area contributed by atoms with Crippen molar-refractivity contribution in [2.24, 2.45) is 5.41 Å². The zero-order chi connectivity index (χ0) is 40.0. The summed E-state index contributed by atoms with van der Waals surface area (Å²) in [6.07, 6.45) is 1.52. The van der Waals surface area contributed by atoms with Crippen LogP contribution in [0.3, 0.4) is 0 Å². The van der Waals surface area contributed by atoms with Crippen LogP contribution in [0, 0.1) is 17.3 Å². The van der Waals surface area contributed by atoms with Crippen LogP contribution in [0.5, 0.6) is 0 Å². The molecule has 6 aromatic rings. The molecule has 0 bridgehead atoms. The van der Waals surface area contributed by atoms with Crippen LogP contribution in [0.2, 0.25) is 0 Å². The SMILES string of the molecule is CC(C)(C)CN(Cc1cc(-c2cccnc2F)c(S(=O)(=O)c2ccccc2)s1)C(=O)O.CNCc1cc(-c2cccnc2F)c(S(=O)(=O)c2ccccc2)s1.Cl. The molecule has 17 heteroatoms. The number of carboxylic acid groups (broad SMARTS) is 1. The van der Waals surface area contributed by atoms with Crippen molar-refractivity contribution in [2.75, 3.05) is 13.6 Å². The highest BCUT2D eigenvalue weighted by molar-refractivity contribution is 7.94. The van der Waals surface area contributed by atoms with Crippen molar-refractivity contribution in [2.45, 2.75) is 52.1 Å². The Morgan fingerprint density at radius 3 is 1.54 bits per heavy atom. The third-order valence-corrected chi connectivity index (χ3v) is 14.7. The Morgan fingerprint density at radius 2 is 1.14 bits per heavy atom. The molecule has 2 aromatic carbocycles. The molecule has 6 rings (SSSR count). The number of carbonyl (C=O) groups is 1. The minimum atomic E-state index is -3.95. The van der Waals surface area contributed by atoms with Gasteiger partial charge in [-0.2, -0.15) is 8.78 Å². The molecule has 1 amide bonds. The summed E-state index contributed by atoms with van der Waals surface area (Å²) in [7, 11) is -5.91. The number of benzene rings is 2. The lowest BCUT2D eigenvalue weighted by molar-refractivity contribution is 0.123. The highest BCUT2D eigenvalue weighted by Crippen LogP contribution is 2.41. The van der Waals surface area contributed by atoms with Crippen molar-refractivity contribution in [1.82, 2.24) is 20.2 Å². The molecule has 0 aliphatic heterocycles. The van der Waals surface area contributed by atoms with Crippen molar-refractivity contribution in [1.29, 1.82) is 0 Å². The second-order valence-electron chi connectivity index (χ2n) is 13.4. The van der Waals surface area contributed by atoms with E-state index in [9.17, 15) is 35.5 Å². The number of aromatic nitrogens is 2. The molecule has 0 unspecified atom stereocenters. The summed E-state index contributed by atoms with van der Waals surface area (Å²) < 4.78 is 81.4. The van der Waals surface area contributed by atoms with Gasteiger partial charge in [0.2, 0.25) is 31.6 Å². The number of halogens is 3. The number of nitrogens with one attached hydrogen (secondary N) is 1. The van der Waals surface area contributed by atoms with Crippen LogP contribution in [0.15, 0.2) is 128 Å². The molecule has 2 N–H and O–H groups in total. The van der Waals surface area contributed by atoms with Gasteiger partial charge >= 0.3 is 6.09 Å². The zero-order valence-electron chi connectivity index (χ0n) is 30.6. The van der Waals surface area contributed by atoms with Crippen molar-refractivity contribution in [3.05, 3.63) is 131 Å². The van der Waals surface area contributed by atoms with Gasteiger partial charge in [-0.1, -0.05) is 57.2 Å². The minimum absolute atomic E-state index is 0. The lowest BCUT2D eigenvalue weighted by atomic mass is 9.96. The lowest BCUT2D eigenvalue weighted by Gasteiger charge is -2.27. The van der Waals surface area contributed by atoms with Crippen molar-refractivity contribution in [3.63, 3.8) is 0 Å². The minimum Gasteiger partial charge on any atom is -0.465 e. The fourth-order valence-corrected chi connectivity index (χ4v) is 11.8. The number of amides is 1. The molecule has 4 heterocycles. The molecule has 56 heavy (non-hydrogen) atoms. The molecule has 10 nitrogen and oxygen atoms in total. The van der Waals surface area contributed by atoms with Gasteiger partial charge in [-0.05, 0) is 73.1 Å². The predicted molar refractivity (Wildman–Crippen MR) is 217 cm³/mol. The standard InChI is InChI=1S/C22H23FN2O4S2.C17H15FN2O2S2.ClH/c1-22(2,3)14-25(21(26)27)13-15-12-18(17-10-7-11-24-19(17)23)20(30-15)31(28,29)16-8-5-4-6-9-16;1-19-11-12-10-15(14-8-5-9-20-16(14)18)17(23-12)24(21,22)13-6-3-2-4-7-13;/h4-12H,13-14H2,1-3H3,(H,26,27);2-10,19H,11H2,1H3;1H. The molecule has 0 saturated carbocycles. The van der Waals surface area contributed by atoms with Gasteiger partial charge in [-0.3, -0.25) is 0 Å². The van der Waals surface area contributed by atoms with Gasteiger partial charge in [0.05, 0.1) is 16.3 Å². The molecule has 0 atom stereocenters. The molecule has 4 aromatic heterocycles. The van der Waals surface area contributed by atoms with Gasteiger partial charge in [0.1, 0.15) is 8.42 Å². The van der Waals surface area contributed by atoms with Crippen LogP contribution in [0.25, 0.3) is 22.3 Å². The highest BCUT2D eigenvalue weighted by atomic mass is 35.5. The molecule has 0 aliphatic carbocycles. The van der Waals surface area contributed by atoms with Crippen molar-refractivity contribution >= 4 is 60.8 Å². The van der Waals surface area contributed by atoms with Gasteiger partial charge in [0.25, 0.3) is 0 Å². The molecule has 296 valence electrons. The topological polar surface area (TPSA) is 147 Å². The second-order valence-corrected chi connectivity index (χ2v) is 19.9. The maximum atomic E-state index is 14.5. The second kappa shape index (κ2) is 18.6. The Morgan fingerprint density at radius 1 is 0.714 bits per heavy atom. The van der Waals surface area contributed by atoms with Crippen LogP contribution in [-0.2, 0) is 32.8 Å². The lowest BCUT2D eigenvalue weighted by Crippen LogP contribution is -2.36. The number of nitrogens with zero attached hydrogens (tertiary/aromatic N) is 3. The largest absolute Gasteiger partial charge is 0.465 e. The molecule has 0 radical (unpaired) electrons. The maximum absolute atomic E-state index is 14.5. The van der Waals surface area contributed by atoms with Gasteiger partial charge in [0.15, 0.2) is 0 Å². The van der Waals surface area contributed by atoms with Crippen molar-refractivity contribution in [3.8, 4) is 22.3 Å². The van der Waals surface area contributed by atoms with E-state index >= 15 is 0 Å². The first kappa shape index (κ1) is 44.1.